The first-order valence-corrected chi connectivity index (χ1v) is 9.42. The van der Waals surface area contributed by atoms with Crippen molar-refractivity contribution in [3.63, 3.8) is 0 Å². The quantitative estimate of drug-likeness (QED) is 0.579. The van der Waals surface area contributed by atoms with E-state index in [2.05, 4.69) is 5.32 Å². The zero-order valence-corrected chi connectivity index (χ0v) is 17.5. The smallest absolute Gasteiger partial charge is 0.411 e. The van der Waals surface area contributed by atoms with E-state index in [1.54, 1.807) is 20.8 Å². The first kappa shape index (κ1) is 23.1. The molecule has 1 amide bonds. The van der Waals surface area contributed by atoms with Gasteiger partial charge in [-0.2, -0.15) is 0 Å². The van der Waals surface area contributed by atoms with Crippen molar-refractivity contribution in [2.24, 2.45) is 0 Å². The molecule has 1 aliphatic rings. The predicted octanol–water partition coefficient (Wildman–Crippen LogP) is 1.97. The van der Waals surface area contributed by atoms with Gasteiger partial charge < -0.3 is 25.3 Å². The minimum atomic E-state index is -1.48. The number of benzene rings is 1. The molecule has 0 saturated heterocycles. The Hall–Kier alpha value is -3.20. The lowest BCUT2D eigenvalue weighted by molar-refractivity contribution is -0.142. The Balaban J connectivity index is 2.25. The van der Waals surface area contributed by atoms with Crippen molar-refractivity contribution < 1.29 is 29.0 Å². The number of rotatable bonds is 7. The molecule has 1 heterocycles. The number of Topliss-reactive ketones (excluding diaryl/α,β-unsaturated/α-hetero) is 1. The van der Waals surface area contributed by atoms with Gasteiger partial charge in [0.25, 0.3) is 0 Å². The predicted molar refractivity (Wildman–Crippen MR) is 109 cm³/mol. The number of nitrogens with zero attached hydrogens (tertiary/aromatic N) is 1. The summed E-state index contributed by atoms with van der Waals surface area (Å²) in [6.45, 7) is 4.49. The third kappa shape index (κ3) is 5.66. The van der Waals surface area contributed by atoms with Gasteiger partial charge in [-0.25, -0.2) is 9.59 Å². The molecule has 9 heteroatoms. The van der Waals surface area contributed by atoms with E-state index < -0.39 is 36.0 Å². The van der Waals surface area contributed by atoms with Gasteiger partial charge in [0.2, 0.25) is 0 Å². The summed E-state index contributed by atoms with van der Waals surface area (Å²) in [5.41, 5.74) is -0.237. The van der Waals surface area contributed by atoms with E-state index in [0.29, 0.717) is 0 Å². The highest BCUT2D eigenvalue weighted by Crippen LogP contribution is 2.24. The topological polar surface area (TPSA) is 129 Å². The van der Waals surface area contributed by atoms with Crippen LogP contribution in [-0.4, -0.2) is 65.4 Å². The minimum absolute atomic E-state index is 0.0436. The molecule has 1 atom stereocenters. The lowest BCUT2D eigenvalue weighted by atomic mass is 9.93. The zero-order valence-electron chi connectivity index (χ0n) is 17.5. The molecular weight excluding hydrogens is 390 g/mol. The number of nitrogens with one attached hydrogen (secondary N) is 2. The highest BCUT2D eigenvalue weighted by Gasteiger charge is 2.43. The summed E-state index contributed by atoms with van der Waals surface area (Å²) in [5.74, 6) is -1.90. The Morgan fingerprint density at radius 3 is 2.43 bits per heavy atom. The van der Waals surface area contributed by atoms with Gasteiger partial charge in [0, 0.05) is 7.05 Å². The average molecular weight is 417 g/mol. The molecule has 0 fully saturated rings. The number of likely N-dealkylation sites (N-methyl/N-ethyl adjacent to an activating group) is 1. The minimum Gasteiger partial charge on any atom is -0.479 e. The first-order chi connectivity index (χ1) is 14.0. The molecule has 1 aliphatic heterocycles. The lowest BCUT2D eigenvalue weighted by Crippen LogP contribution is -2.56. The number of ketones is 1. The van der Waals surface area contributed by atoms with Crippen LogP contribution in [0.3, 0.4) is 0 Å². The van der Waals surface area contributed by atoms with Crippen molar-refractivity contribution in [1.29, 1.82) is 5.41 Å². The maximum atomic E-state index is 12.8. The molecule has 1 aromatic rings. The number of carbonyl (C=O) groups excluding carboxylic acids is 2. The van der Waals surface area contributed by atoms with Gasteiger partial charge in [-0.1, -0.05) is 30.3 Å². The van der Waals surface area contributed by atoms with E-state index in [9.17, 15) is 19.5 Å². The van der Waals surface area contributed by atoms with Crippen LogP contribution in [0, 0.1) is 5.41 Å². The van der Waals surface area contributed by atoms with E-state index in [1.165, 1.54) is 7.05 Å². The SMILES string of the molecule is CNC1=C(C(=N)COCc2ccccc2)C(=O)CN(C(=O)OC(C)(C)C)C1C(=O)O. The van der Waals surface area contributed by atoms with E-state index in [1.807, 2.05) is 30.3 Å². The van der Waals surface area contributed by atoms with E-state index >= 15 is 0 Å². The van der Waals surface area contributed by atoms with Crippen molar-refractivity contribution in [2.75, 3.05) is 20.2 Å². The van der Waals surface area contributed by atoms with E-state index in [0.717, 1.165) is 10.5 Å². The Morgan fingerprint density at radius 2 is 1.90 bits per heavy atom. The molecule has 30 heavy (non-hydrogen) atoms. The summed E-state index contributed by atoms with van der Waals surface area (Å²) in [5, 5.41) is 20.7. The van der Waals surface area contributed by atoms with E-state index in [4.69, 9.17) is 14.9 Å². The van der Waals surface area contributed by atoms with Crippen LogP contribution in [0.5, 0.6) is 0 Å². The van der Waals surface area contributed by atoms with Crippen LogP contribution in [0.1, 0.15) is 26.3 Å². The molecule has 1 aromatic carbocycles. The summed E-state index contributed by atoms with van der Waals surface area (Å²) in [7, 11) is 1.44. The van der Waals surface area contributed by atoms with Crippen LogP contribution in [0.2, 0.25) is 0 Å². The second-order valence-electron chi connectivity index (χ2n) is 7.77. The number of carboxylic acids is 1. The second kappa shape index (κ2) is 9.53. The number of hydrogen-bond acceptors (Lipinski definition) is 7. The van der Waals surface area contributed by atoms with Gasteiger partial charge in [0.15, 0.2) is 11.8 Å². The fourth-order valence-corrected chi connectivity index (χ4v) is 3.03. The molecule has 0 saturated carbocycles. The number of hydrogen-bond donors (Lipinski definition) is 3. The van der Waals surface area contributed by atoms with Gasteiger partial charge in [-0.05, 0) is 26.3 Å². The summed E-state index contributed by atoms with van der Waals surface area (Å²) >= 11 is 0. The van der Waals surface area contributed by atoms with Crippen LogP contribution >= 0.6 is 0 Å². The average Bonchev–Trinajstić information content (AvgIpc) is 2.66. The van der Waals surface area contributed by atoms with Crippen molar-refractivity contribution in [3.8, 4) is 0 Å². The largest absolute Gasteiger partial charge is 0.479 e. The maximum absolute atomic E-state index is 12.8. The van der Waals surface area contributed by atoms with Gasteiger partial charge in [-0.15, -0.1) is 0 Å². The van der Waals surface area contributed by atoms with Gasteiger partial charge in [-0.3, -0.25) is 9.69 Å². The molecule has 0 spiro atoms. The highest BCUT2D eigenvalue weighted by molar-refractivity contribution is 6.24. The third-order valence-electron chi connectivity index (χ3n) is 4.24. The normalized spacial score (nSPS) is 17.0. The Kier molecular flexibility index (Phi) is 7.33. The molecule has 0 aromatic heterocycles. The molecule has 0 radical (unpaired) electrons. The van der Waals surface area contributed by atoms with Gasteiger partial charge >= 0.3 is 12.1 Å². The molecule has 2 rings (SSSR count). The third-order valence-corrected chi connectivity index (χ3v) is 4.24. The molecule has 3 N–H and O–H groups in total. The Bertz CT molecular complexity index is 857. The van der Waals surface area contributed by atoms with Gasteiger partial charge in [0.05, 0.1) is 36.7 Å². The van der Waals surface area contributed by atoms with Crippen molar-refractivity contribution in [1.82, 2.24) is 10.2 Å². The van der Waals surface area contributed by atoms with Crippen LogP contribution in [0.4, 0.5) is 4.79 Å². The molecular formula is C21H27N3O6. The summed E-state index contributed by atoms with van der Waals surface area (Å²) < 4.78 is 10.8. The number of carboxylic acid groups (broad SMARTS) is 1. The fraction of sp³-hybridized carbons (Fsp3) is 0.429. The number of aliphatic carboxylic acids is 1. The molecule has 162 valence electrons. The molecule has 0 aliphatic carbocycles. The molecule has 1 unspecified atom stereocenters. The summed E-state index contributed by atoms with van der Waals surface area (Å²) in [4.78, 5) is 38.0. The van der Waals surface area contributed by atoms with Crippen LogP contribution < -0.4 is 5.32 Å². The Labute approximate surface area is 175 Å². The fourth-order valence-electron chi connectivity index (χ4n) is 3.03. The zero-order chi connectivity index (χ0) is 22.5. The number of carbonyl (C=O) groups is 3. The molecule has 9 nitrogen and oxygen atoms in total. The van der Waals surface area contributed by atoms with Crippen molar-refractivity contribution in [3.05, 3.63) is 47.2 Å². The van der Waals surface area contributed by atoms with E-state index in [-0.39, 0.29) is 30.2 Å². The van der Waals surface area contributed by atoms with Crippen LogP contribution in [-0.2, 0) is 25.7 Å². The van der Waals surface area contributed by atoms with Gasteiger partial charge in [0.1, 0.15) is 5.60 Å². The van der Waals surface area contributed by atoms with Crippen LogP contribution in [0.15, 0.2) is 41.6 Å². The van der Waals surface area contributed by atoms with Crippen molar-refractivity contribution >= 4 is 23.6 Å². The Morgan fingerprint density at radius 1 is 1.27 bits per heavy atom. The number of amides is 1. The van der Waals surface area contributed by atoms with Crippen LogP contribution in [0.25, 0.3) is 0 Å². The van der Waals surface area contributed by atoms with Crippen molar-refractivity contribution in [2.45, 2.75) is 39.0 Å². The standard InChI is InChI=1S/C21H27N3O6/c1-21(2,3)30-20(28)24-10-15(25)16(17(23-4)18(24)19(26)27)14(22)12-29-11-13-8-6-5-7-9-13/h5-9,18,22-23H,10-12H2,1-4H3,(H,26,27). The first-order valence-electron chi connectivity index (χ1n) is 9.42. The maximum Gasteiger partial charge on any atom is 0.411 e. The molecule has 0 bridgehead atoms. The monoisotopic (exact) mass is 417 g/mol. The second-order valence-corrected chi connectivity index (χ2v) is 7.77. The lowest BCUT2D eigenvalue weighted by Gasteiger charge is -2.36. The summed E-state index contributed by atoms with van der Waals surface area (Å²) in [6.07, 6.45) is -0.915. The number of ether oxygens (including phenoxy) is 2. The highest BCUT2D eigenvalue weighted by atomic mass is 16.6. The summed E-state index contributed by atoms with van der Waals surface area (Å²) in [6, 6.07) is 7.85.